The van der Waals surface area contributed by atoms with Crippen LogP contribution in [0.5, 0.6) is 0 Å². The second-order valence-electron chi connectivity index (χ2n) is 4.46. The molecule has 2 atom stereocenters. The first kappa shape index (κ1) is 11.2. The van der Waals surface area contributed by atoms with Crippen LogP contribution in [0.1, 0.15) is 26.7 Å². The van der Waals surface area contributed by atoms with Crippen molar-refractivity contribution in [3.8, 4) is 0 Å². The van der Waals surface area contributed by atoms with Crippen LogP contribution in [0, 0.1) is 0 Å². The van der Waals surface area contributed by atoms with Crippen molar-refractivity contribution in [3.63, 3.8) is 0 Å². The van der Waals surface area contributed by atoms with Crippen molar-refractivity contribution in [2.45, 2.75) is 44.5 Å². The van der Waals surface area contributed by atoms with Gasteiger partial charge in [-0.1, -0.05) is 0 Å². The molecular weight excluding hydrogens is 188 g/mol. The molecule has 0 bridgehead atoms. The molecule has 0 radical (unpaired) electrons. The van der Waals surface area contributed by atoms with Crippen molar-refractivity contribution in [2.75, 3.05) is 13.2 Å². The van der Waals surface area contributed by atoms with Crippen molar-refractivity contribution < 1.29 is 4.74 Å². The van der Waals surface area contributed by atoms with Crippen molar-refractivity contribution in [1.29, 1.82) is 0 Å². The summed E-state index contributed by atoms with van der Waals surface area (Å²) in [7, 11) is 0. The molecule has 0 aromatic rings. The highest BCUT2D eigenvalue weighted by Gasteiger charge is 2.36. The SMILES string of the molecule is CC1(C)COC(C2CCCN2)N1.Cl. The molecule has 0 amide bonds. The average molecular weight is 207 g/mol. The summed E-state index contributed by atoms with van der Waals surface area (Å²) in [5.41, 5.74) is 0.162. The quantitative estimate of drug-likeness (QED) is 0.669. The lowest BCUT2D eigenvalue weighted by molar-refractivity contribution is 0.0723. The third kappa shape index (κ3) is 2.56. The van der Waals surface area contributed by atoms with E-state index in [4.69, 9.17) is 4.74 Å². The van der Waals surface area contributed by atoms with Gasteiger partial charge in [0.05, 0.1) is 6.61 Å². The van der Waals surface area contributed by atoms with Gasteiger partial charge in [-0.15, -0.1) is 12.4 Å². The van der Waals surface area contributed by atoms with E-state index in [9.17, 15) is 0 Å². The van der Waals surface area contributed by atoms with Gasteiger partial charge in [0, 0.05) is 11.6 Å². The molecule has 2 aliphatic rings. The minimum absolute atomic E-state index is 0. The molecule has 2 aliphatic heterocycles. The lowest BCUT2D eigenvalue weighted by Gasteiger charge is -2.21. The molecule has 0 spiro atoms. The number of hydrogen-bond acceptors (Lipinski definition) is 3. The highest BCUT2D eigenvalue weighted by atomic mass is 35.5. The molecule has 3 nitrogen and oxygen atoms in total. The first-order valence-corrected chi connectivity index (χ1v) is 4.80. The Kier molecular flexibility index (Phi) is 3.57. The average Bonchev–Trinajstić information content (AvgIpc) is 2.55. The van der Waals surface area contributed by atoms with Gasteiger partial charge in [0.15, 0.2) is 0 Å². The lowest BCUT2D eigenvalue weighted by atomic mass is 10.1. The highest BCUT2D eigenvalue weighted by molar-refractivity contribution is 5.85. The number of halogens is 1. The minimum Gasteiger partial charge on any atom is -0.360 e. The maximum absolute atomic E-state index is 5.68. The molecule has 2 N–H and O–H groups in total. The molecule has 0 saturated carbocycles. The summed E-state index contributed by atoms with van der Waals surface area (Å²) in [4.78, 5) is 0. The van der Waals surface area contributed by atoms with Crippen LogP contribution < -0.4 is 10.6 Å². The van der Waals surface area contributed by atoms with E-state index in [-0.39, 0.29) is 24.2 Å². The van der Waals surface area contributed by atoms with Gasteiger partial charge in [-0.2, -0.15) is 0 Å². The van der Waals surface area contributed by atoms with Gasteiger partial charge in [0.2, 0.25) is 0 Å². The van der Waals surface area contributed by atoms with E-state index in [1.54, 1.807) is 0 Å². The van der Waals surface area contributed by atoms with Gasteiger partial charge in [0.25, 0.3) is 0 Å². The largest absolute Gasteiger partial charge is 0.360 e. The normalized spacial score (nSPS) is 37.4. The Hall–Kier alpha value is 0.170. The number of nitrogens with one attached hydrogen (secondary N) is 2. The fourth-order valence-corrected chi connectivity index (χ4v) is 1.95. The molecule has 0 aromatic carbocycles. The first-order chi connectivity index (χ1) is 5.67. The van der Waals surface area contributed by atoms with E-state index < -0.39 is 0 Å². The van der Waals surface area contributed by atoms with Gasteiger partial charge in [-0.3, -0.25) is 5.32 Å². The fourth-order valence-electron chi connectivity index (χ4n) is 1.95. The Bertz CT molecular complexity index is 169. The predicted molar refractivity (Wildman–Crippen MR) is 55.2 cm³/mol. The van der Waals surface area contributed by atoms with Gasteiger partial charge in [-0.05, 0) is 33.2 Å². The molecule has 78 valence electrons. The molecule has 4 heteroatoms. The Balaban J connectivity index is 0.000000845. The zero-order chi connectivity index (χ0) is 8.60. The molecule has 0 aliphatic carbocycles. The lowest BCUT2D eigenvalue weighted by Crippen LogP contribution is -2.47. The number of rotatable bonds is 1. The standard InChI is InChI=1S/C9H18N2O.ClH/c1-9(2)6-12-8(11-9)7-4-3-5-10-7;/h7-8,10-11H,3-6H2,1-2H3;1H. The summed E-state index contributed by atoms with van der Waals surface area (Å²) in [6.07, 6.45) is 2.77. The van der Waals surface area contributed by atoms with Gasteiger partial charge >= 0.3 is 0 Å². The van der Waals surface area contributed by atoms with Gasteiger partial charge in [0.1, 0.15) is 6.23 Å². The summed E-state index contributed by atoms with van der Waals surface area (Å²) >= 11 is 0. The number of hydrogen-bond donors (Lipinski definition) is 2. The summed E-state index contributed by atoms with van der Waals surface area (Å²) in [6.45, 7) is 6.34. The molecular formula is C9H19ClN2O. The third-order valence-electron chi connectivity index (χ3n) is 2.62. The highest BCUT2D eigenvalue weighted by Crippen LogP contribution is 2.20. The monoisotopic (exact) mass is 206 g/mol. The second kappa shape index (κ2) is 4.13. The molecule has 2 rings (SSSR count). The van der Waals surface area contributed by atoms with Crippen LogP contribution in [0.3, 0.4) is 0 Å². The van der Waals surface area contributed by atoms with Crippen LogP contribution in [0.4, 0.5) is 0 Å². The van der Waals surface area contributed by atoms with E-state index in [1.165, 1.54) is 12.8 Å². The van der Waals surface area contributed by atoms with Crippen LogP contribution >= 0.6 is 12.4 Å². The van der Waals surface area contributed by atoms with Crippen molar-refractivity contribution in [3.05, 3.63) is 0 Å². The summed E-state index contributed by atoms with van der Waals surface area (Å²) in [5, 5.41) is 6.94. The molecule has 0 aromatic heterocycles. The zero-order valence-electron chi connectivity index (χ0n) is 8.30. The smallest absolute Gasteiger partial charge is 0.124 e. The predicted octanol–water partition coefficient (Wildman–Crippen LogP) is 0.885. The van der Waals surface area contributed by atoms with Gasteiger partial charge < -0.3 is 10.1 Å². The van der Waals surface area contributed by atoms with E-state index in [2.05, 4.69) is 24.5 Å². The van der Waals surface area contributed by atoms with Crippen LogP contribution in [0.15, 0.2) is 0 Å². The maximum Gasteiger partial charge on any atom is 0.124 e. The molecule has 2 heterocycles. The summed E-state index contributed by atoms with van der Waals surface area (Å²) < 4.78 is 5.68. The Morgan fingerprint density at radius 3 is 2.62 bits per heavy atom. The Morgan fingerprint density at radius 2 is 2.15 bits per heavy atom. The molecule has 13 heavy (non-hydrogen) atoms. The Morgan fingerprint density at radius 1 is 1.38 bits per heavy atom. The molecule has 2 saturated heterocycles. The van der Waals surface area contributed by atoms with Crippen molar-refractivity contribution in [1.82, 2.24) is 10.6 Å². The van der Waals surface area contributed by atoms with Crippen LogP contribution in [0.25, 0.3) is 0 Å². The van der Waals surface area contributed by atoms with E-state index in [0.717, 1.165) is 13.2 Å². The second-order valence-corrected chi connectivity index (χ2v) is 4.46. The van der Waals surface area contributed by atoms with E-state index in [1.807, 2.05) is 0 Å². The Labute approximate surface area is 86.0 Å². The summed E-state index contributed by atoms with van der Waals surface area (Å²) in [5.74, 6) is 0. The van der Waals surface area contributed by atoms with Crippen molar-refractivity contribution in [2.24, 2.45) is 0 Å². The molecule has 2 unspecified atom stereocenters. The van der Waals surface area contributed by atoms with Crippen LogP contribution in [-0.2, 0) is 4.74 Å². The van der Waals surface area contributed by atoms with Crippen LogP contribution in [0.2, 0.25) is 0 Å². The number of ether oxygens (including phenoxy) is 1. The maximum atomic E-state index is 5.68. The van der Waals surface area contributed by atoms with E-state index >= 15 is 0 Å². The van der Waals surface area contributed by atoms with E-state index in [0.29, 0.717) is 6.04 Å². The summed E-state index contributed by atoms with van der Waals surface area (Å²) in [6, 6.07) is 0.534. The molecule has 2 fully saturated rings. The topological polar surface area (TPSA) is 33.3 Å². The fraction of sp³-hybridized carbons (Fsp3) is 1.00. The minimum atomic E-state index is 0. The van der Waals surface area contributed by atoms with Gasteiger partial charge in [-0.25, -0.2) is 0 Å². The first-order valence-electron chi connectivity index (χ1n) is 4.80. The zero-order valence-corrected chi connectivity index (χ0v) is 9.12. The van der Waals surface area contributed by atoms with Crippen molar-refractivity contribution >= 4 is 12.4 Å². The van der Waals surface area contributed by atoms with Crippen LogP contribution in [-0.4, -0.2) is 31.0 Å². The third-order valence-corrected chi connectivity index (χ3v) is 2.62.